The van der Waals surface area contributed by atoms with E-state index in [-0.39, 0.29) is 12.3 Å². The number of amides is 2. The lowest BCUT2D eigenvalue weighted by molar-refractivity contribution is -0.130. The van der Waals surface area contributed by atoms with Gasteiger partial charge in [0.1, 0.15) is 17.9 Å². The van der Waals surface area contributed by atoms with E-state index in [0.29, 0.717) is 13.0 Å². The molecule has 0 fully saturated rings. The van der Waals surface area contributed by atoms with Gasteiger partial charge >= 0.3 is 0 Å². The summed E-state index contributed by atoms with van der Waals surface area (Å²) in [7, 11) is 0. The van der Waals surface area contributed by atoms with Gasteiger partial charge in [0.2, 0.25) is 11.8 Å². The van der Waals surface area contributed by atoms with Crippen molar-refractivity contribution in [1.29, 1.82) is 0 Å². The first-order valence-electron chi connectivity index (χ1n) is 8.08. The Balaban J connectivity index is 1.80. The van der Waals surface area contributed by atoms with Gasteiger partial charge in [-0.05, 0) is 44.0 Å². The molecule has 0 spiro atoms. The largest absolute Gasteiger partial charge is 0.489 e. The number of carbonyl (C=O) groups excluding carboxylic acids is 2. The topological polar surface area (TPSA) is 94.3 Å². The highest BCUT2D eigenvalue weighted by atomic mass is 16.5. The number of pyridine rings is 1. The normalized spacial score (nSPS) is 11.0. The number of primary amides is 1. The fourth-order valence-corrected chi connectivity index (χ4v) is 2.13. The first-order valence-corrected chi connectivity index (χ1v) is 8.08. The number of nitrogens with two attached hydrogens (primary N) is 1. The average molecular weight is 341 g/mol. The molecule has 6 heteroatoms. The highest BCUT2D eigenvalue weighted by molar-refractivity contribution is 5.89. The second-order valence-corrected chi connectivity index (χ2v) is 6.33. The van der Waals surface area contributed by atoms with E-state index in [4.69, 9.17) is 10.5 Å². The average Bonchev–Trinajstić information content (AvgIpc) is 2.59. The number of carbonyl (C=O) groups is 2. The highest BCUT2D eigenvalue weighted by Gasteiger charge is 2.26. The number of rotatable bonds is 8. The molecule has 1 aromatic heterocycles. The Hall–Kier alpha value is -2.89. The quantitative estimate of drug-likeness (QED) is 0.767. The van der Waals surface area contributed by atoms with Gasteiger partial charge in [-0.2, -0.15) is 0 Å². The first-order chi connectivity index (χ1) is 11.9. The van der Waals surface area contributed by atoms with Gasteiger partial charge in [-0.1, -0.05) is 18.2 Å². The van der Waals surface area contributed by atoms with Crippen LogP contribution in [-0.4, -0.2) is 22.3 Å². The summed E-state index contributed by atoms with van der Waals surface area (Å²) in [5.74, 6) is -0.0106. The minimum Gasteiger partial charge on any atom is -0.489 e. The zero-order valence-electron chi connectivity index (χ0n) is 14.5. The van der Waals surface area contributed by atoms with Crippen LogP contribution in [0.25, 0.3) is 0 Å². The van der Waals surface area contributed by atoms with E-state index < -0.39 is 11.4 Å². The van der Waals surface area contributed by atoms with E-state index in [1.54, 1.807) is 26.2 Å². The van der Waals surface area contributed by atoms with Crippen molar-refractivity contribution in [3.63, 3.8) is 0 Å². The molecule has 1 heterocycles. The molecule has 0 aliphatic heterocycles. The van der Waals surface area contributed by atoms with Crippen LogP contribution in [0.3, 0.4) is 0 Å². The molecule has 0 saturated carbocycles. The van der Waals surface area contributed by atoms with Gasteiger partial charge in [0, 0.05) is 24.4 Å². The molecule has 0 unspecified atom stereocenters. The summed E-state index contributed by atoms with van der Waals surface area (Å²) < 4.78 is 5.69. The van der Waals surface area contributed by atoms with Crippen LogP contribution >= 0.6 is 0 Å². The van der Waals surface area contributed by atoms with Crippen LogP contribution < -0.4 is 15.8 Å². The molecule has 0 aliphatic carbocycles. The summed E-state index contributed by atoms with van der Waals surface area (Å²) in [6, 6.07) is 11.4. The number of hydrogen-bond donors (Lipinski definition) is 2. The molecular formula is C19H23N3O3. The Morgan fingerprint density at radius 1 is 1.16 bits per heavy atom. The summed E-state index contributed by atoms with van der Waals surface area (Å²) in [4.78, 5) is 27.2. The minimum absolute atomic E-state index is 0.208. The second kappa shape index (κ2) is 8.28. The second-order valence-electron chi connectivity index (χ2n) is 6.33. The van der Waals surface area contributed by atoms with Gasteiger partial charge in [-0.15, -0.1) is 0 Å². The maximum absolute atomic E-state index is 11.9. The van der Waals surface area contributed by atoms with Crippen molar-refractivity contribution in [2.24, 2.45) is 5.73 Å². The Labute approximate surface area is 147 Å². The third-order valence-electron chi connectivity index (χ3n) is 3.76. The number of hydrogen-bond acceptors (Lipinski definition) is 4. The molecule has 0 aliphatic rings. The van der Waals surface area contributed by atoms with E-state index in [1.165, 1.54) is 0 Å². The van der Waals surface area contributed by atoms with Crippen molar-refractivity contribution < 1.29 is 14.3 Å². The Morgan fingerprint density at radius 2 is 1.88 bits per heavy atom. The molecule has 6 nitrogen and oxygen atoms in total. The number of aromatic nitrogens is 1. The first kappa shape index (κ1) is 18.4. The van der Waals surface area contributed by atoms with E-state index in [1.807, 2.05) is 36.4 Å². The van der Waals surface area contributed by atoms with Gasteiger partial charge in [-0.3, -0.25) is 14.6 Å². The number of nitrogens with zero attached hydrogens (tertiary/aromatic N) is 1. The van der Waals surface area contributed by atoms with Gasteiger partial charge in [0.15, 0.2) is 0 Å². The molecule has 25 heavy (non-hydrogen) atoms. The summed E-state index contributed by atoms with van der Waals surface area (Å²) in [5, 5.41) is 2.63. The maximum Gasteiger partial charge on any atom is 0.242 e. The molecule has 0 radical (unpaired) electrons. The van der Waals surface area contributed by atoms with Crippen molar-refractivity contribution in [2.45, 2.75) is 38.8 Å². The van der Waals surface area contributed by atoms with E-state index >= 15 is 0 Å². The number of aryl methyl sites for hydroxylation is 1. The molecule has 0 bridgehead atoms. The summed E-state index contributed by atoms with van der Waals surface area (Å²) in [6.07, 6.45) is 4.34. The maximum atomic E-state index is 11.9. The van der Waals surface area contributed by atoms with Gasteiger partial charge in [0.25, 0.3) is 0 Å². The molecule has 3 N–H and O–H groups in total. The van der Waals surface area contributed by atoms with Crippen LogP contribution in [-0.2, 0) is 22.6 Å². The zero-order valence-corrected chi connectivity index (χ0v) is 14.5. The number of nitrogens with one attached hydrogen (secondary N) is 1. The molecule has 2 aromatic rings. The molecular weight excluding hydrogens is 318 g/mol. The Morgan fingerprint density at radius 3 is 2.48 bits per heavy atom. The molecule has 132 valence electrons. The Kier molecular flexibility index (Phi) is 6.11. The monoisotopic (exact) mass is 341 g/mol. The van der Waals surface area contributed by atoms with Crippen LogP contribution in [0.5, 0.6) is 5.75 Å². The third-order valence-corrected chi connectivity index (χ3v) is 3.76. The third kappa shape index (κ3) is 5.91. The van der Waals surface area contributed by atoms with E-state index in [9.17, 15) is 9.59 Å². The van der Waals surface area contributed by atoms with Crippen molar-refractivity contribution >= 4 is 11.8 Å². The lowest BCUT2D eigenvalue weighted by Gasteiger charge is -2.22. The van der Waals surface area contributed by atoms with Crippen LogP contribution in [0.4, 0.5) is 0 Å². The predicted molar refractivity (Wildman–Crippen MR) is 94.7 cm³/mol. The standard InChI is InChI=1S/C19H23N3O3/c1-19(2,18(20)24)22-17(23)10-7-14-5-8-16(9-6-14)25-13-15-4-3-11-21-12-15/h3-6,8-9,11-12H,7,10,13H2,1-2H3,(H2,20,24)(H,22,23). The van der Waals surface area contributed by atoms with Crippen molar-refractivity contribution in [2.75, 3.05) is 0 Å². The molecule has 0 atom stereocenters. The van der Waals surface area contributed by atoms with E-state index in [2.05, 4.69) is 10.3 Å². The molecule has 1 aromatic carbocycles. The number of ether oxygens (including phenoxy) is 1. The fraction of sp³-hybridized carbons (Fsp3) is 0.316. The van der Waals surface area contributed by atoms with Crippen molar-refractivity contribution in [3.8, 4) is 5.75 Å². The lowest BCUT2D eigenvalue weighted by Crippen LogP contribution is -2.53. The summed E-state index contributed by atoms with van der Waals surface area (Å²) in [6.45, 7) is 3.63. The lowest BCUT2D eigenvalue weighted by atomic mass is 10.0. The van der Waals surface area contributed by atoms with Gasteiger partial charge in [0.05, 0.1) is 0 Å². The molecule has 0 saturated heterocycles. The van der Waals surface area contributed by atoms with Crippen LogP contribution in [0.2, 0.25) is 0 Å². The van der Waals surface area contributed by atoms with Crippen LogP contribution in [0, 0.1) is 0 Å². The summed E-state index contributed by atoms with van der Waals surface area (Å²) >= 11 is 0. The van der Waals surface area contributed by atoms with E-state index in [0.717, 1.165) is 16.9 Å². The molecule has 2 amide bonds. The molecule has 2 rings (SSSR count). The Bertz CT molecular complexity index is 712. The number of benzene rings is 1. The smallest absolute Gasteiger partial charge is 0.242 e. The van der Waals surface area contributed by atoms with Crippen molar-refractivity contribution in [1.82, 2.24) is 10.3 Å². The van der Waals surface area contributed by atoms with Gasteiger partial charge in [-0.25, -0.2) is 0 Å². The summed E-state index contributed by atoms with van der Waals surface area (Å²) in [5.41, 5.74) is 6.22. The zero-order chi connectivity index (χ0) is 18.3. The van der Waals surface area contributed by atoms with Gasteiger partial charge < -0.3 is 15.8 Å². The van der Waals surface area contributed by atoms with Crippen LogP contribution in [0.15, 0.2) is 48.8 Å². The minimum atomic E-state index is -1.04. The van der Waals surface area contributed by atoms with Crippen molar-refractivity contribution in [3.05, 3.63) is 59.9 Å². The fourth-order valence-electron chi connectivity index (χ4n) is 2.13. The van der Waals surface area contributed by atoms with Crippen LogP contribution in [0.1, 0.15) is 31.4 Å². The predicted octanol–water partition coefficient (Wildman–Crippen LogP) is 1.97. The highest BCUT2D eigenvalue weighted by Crippen LogP contribution is 2.15. The SMILES string of the molecule is CC(C)(NC(=O)CCc1ccc(OCc2cccnc2)cc1)C(N)=O.